The normalized spacial score (nSPS) is 10.6. The van der Waals surface area contributed by atoms with Crippen molar-refractivity contribution in [2.24, 2.45) is 0 Å². The Bertz CT molecular complexity index is 829. The Morgan fingerprint density at radius 1 is 1.14 bits per heavy atom. The highest BCUT2D eigenvalue weighted by Gasteiger charge is 2.17. The van der Waals surface area contributed by atoms with Gasteiger partial charge < -0.3 is 5.32 Å². The van der Waals surface area contributed by atoms with Gasteiger partial charge in [-0.15, -0.1) is 0 Å². The standard InChI is InChI=1S/C16H17N5O/c1-3-17-16-14(12-7-8-13(22)19-18-12)15(20-21-16)11-6-4-5-10(2)9-11/h4-9H,3H2,1-2H3,(H,19,22)(H2,17,20,21). The third kappa shape index (κ3) is 2.63. The molecule has 0 aliphatic carbocycles. The van der Waals surface area contributed by atoms with Gasteiger partial charge in [0.05, 0.1) is 17.0 Å². The highest BCUT2D eigenvalue weighted by molar-refractivity contribution is 5.87. The smallest absolute Gasteiger partial charge is 0.264 e. The Hall–Kier alpha value is -2.89. The van der Waals surface area contributed by atoms with E-state index in [0.29, 0.717) is 5.69 Å². The Balaban J connectivity index is 2.19. The first-order valence-electron chi connectivity index (χ1n) is 7.14. The fraction of sp³-hybridized carbons (Fsp3) is 0.188. The summed E-state index contributed by atoms with van der Waals surface area (Å²) in [5.74, 6) is 0.721. The van der Waals surface area contributed by atoms with Crippen LogP contribution >= 0.6 is 0 Å². The van der Waals surface area contributed by atoms with E-state index in [-0.39, 0.29) is 5.56 Å². The molecule has 0 fully saturated rings. The van der Waals surface area contributed by atoms with E-state index in [1.54, 1.807) is 6.07 Å². The van der Waals surface area contributed by atoms with Gasteiger partial charge in [0.2, 0.25) is 0 Å². The van der Waals surface area contributed by atoms with Gasteiger partial charge in [0.15, 0.2) is 5.82 Å². The summed E-state index contributed by atoms with van der Waals surface area (Å²) in [7, 11) is 0. The molecule has 0 bridgehead atoms. The van der Waals surface area contributed by atoms with Gasteiger partial charge in [0.25, 0.3) is 5.56 Å². The number of anilines is 1. The fourth-order valence-corrected chi connectivity index (χ4v) is 2.38. The molecule has 2 heterocycles. The number of rotatable bonds is 4. The van der Waals surface area contributed by atoms with Crippen molar-refractivity contribution >= 4 is 5.82 Å². The fourth-order valence-electron chi connectivity index (χ4n) is 2.38. The maximum atomic E-state index is 11.2. The van der Waals surface area contributed by atoms with Crippen LogP contribution in [0, 0.1) is 6.92 Å². The molecule has 0 radical (unpaired) electrons. The van der Waals surface area contributed by atoms with Crippen LogP contribution in [0.1, 0.15) is 12.5 Å². The molecular weight excluding hydrogens is 278 g/mol. The van der Waals surface area contributed by atoms with E-state index in [1.165, 1.54) is 6.07 Å². The van der Waals surface area contributed by atoms with Crippen LogP contribution in [0.15, 0.2) is 41.2 Å². The van der Waals surface area contributed by atoms with Gasteiger partial charge in [-0.05, 0) is 26.0 Å². The van der Waals surface area contributed by atoms with E-state index in [4.69, 9.17) is 0 Å². The quantitative estimate of drug-likeness (QED) is 0.690. The lowest BCUT2D eigenvalue weighted by molar-refractivity contribution is 0.995. The van der Waals surface area contributed by atoms with Crippen molar-refractivity contribution in [1.29, 1.82) is 0 Å². The van der Waals surface area contributed by atoms with Gasteiger partial charge in [0.1, 0.15) is 0 Å². The molecule has 6 heteroatoms. The number of H-pyrrole nitrogens is 2. The Labute approximate surface area is 127 Å². The van der Waals surface area contributed by atoms with Crippen LogP contribution in [0.5, 0.6) is 0 Å². The van der Waals surface area contributed by atoms with Crippen LogP contribution in [-0.4, -0.2) is 26.9 Å². The summed E-state index contributed by atoms with van der Waals surface area (Å²) in [4.78, 5) is 11.2. The summed E-state index contributed by atoms with van der Waals surface area (Å²) in [6, 6.07) is 11.3. The minimum atomic E-state index is -0.227. The Morgan fingerprint density at radius 3 is 2.68 bits per heavy atom. The molecule has 0 atom stereocenters. The molecule has 0 aliphatic rings. The molecule has 3 rings (SSSR count). The summed E-state index contributed by atoms with van der Waals surface area (Å²) >= 11 is 0. The third-order valence-corrected chi connectivity index (χ3v) is 3.35. The first-order chi connectivity index (χ1) is 10.7. The summed E-state index contributed by atoms with van der Waals surface area (Å²) < 4.78 is 0. The van der Waals surface area contributed by atoms with Crippen LogP contribution in [0.2, 0.25) is 0 Å². The van der Waals surface area contributed by atoms with Crippen molar-refractivity contribution in [3.63, 3.8) is 0 Å². The van der Waals surface area contributed by atoms with E-state index in [0.717, 1.165) is 34.7 Å². The summed E-state index contributed by atoms with van der Waals surface area (Å²) in [5.41, 5.74) is 4.36. The van der Waals surface area contributed by atoms with E-state index < -0.39 is 0 Å². The number of hydrogen-bond acceptors (Lipinski definition) is 4. The lowest BCUT2D eigenvalue weighted by atomic mass is 10.0. The molecule has 0 unspecified atom stereocenters. The second kappa shape index (κ2) is 5.85. The Morgan fingerprint density at radius 2 is 2.00 bits per heavy atom. The maximum Gasteiger partial charge on any atom is 0.264 e. The molecule has 6 nitrogen and oxygen atoms in total. The van der Waals surface area contributed by atoms with E-state index in [2.05, 4.69) is 31.8 Å². The van der Waals surface area contributed by atoms with Gasteiger partial charge in [-0.3, -0.25) is 9.89 Å². The molecule has 0 amide bonds. The molecule has 0 spiro atoms. The molecular formula is C16H17N5O. The topological polar surface area (TPSA) is 86.5 Å². The second-order valence-electron chi connectivity index (χ2n) is 5.03. The van der Waals surface area contributed by atoms with Crippen molar-refractivity contribution in [1.82, 2.24) is 20.4 Å². The van der Waals surface area contributed by atoms with E-state index >= 15 is 0 Å². The summed E-state index contributed by atoms with van der Waals surface area (Å²) in [6.45, 7) is 4.79. The van der Waals surface area contributed by atoms with Crippen LogP contribution in [0.3, 0.4) is 0 Å². The minimum Gasteiger partial charge on any atom is -0.368 e. The summed E-state index contributed by atoms with van der Waals surface area (Å²) in [6.07, 6.45) is 0. The van der Waals surface area contributed by atoms with Crippen LogP contribution < -0.4 is 10.9 Å². The number of aromatic amines is 2. The van der Waals surface area contributed by atoms with Gasteiger partial charge in [-0.2, -0.15) is 10.2 Å². The van der Waals surface area contributed by atoms with Crippen LogP contribution in [0.25, 0.3) is 22.5 Å². The van der Waals surface area contributed by atoms with Crippen molar-refractivity contribution in [3.05, 3.63) is 52.3 Å². The SMILES string of the molecule is CCNc1n[nH]c(-c2cccc(C)c2)c1-c1ccc(=O)[nH]n1. The molecule has 2 aromatic heterocycles. The second-order valence-corrected chi connectivity index (χ2v) is 5.03. The van der Waals surface area contributed by atoms with E-state index in [1.807, 2.05) is 32.0 Å². The largest absolute Gasteiger partial charge is 0.368 e. The third-order valence-electron chi connectivity index (χ3n) is 3.35. The molecule has 112 valence electrons. The molecule has 3 N–H and O–H groups in total. The molecule has 0 saturated heterocycles. The lowest BCUT2D eigenvalue weighted by Gasteiger charge is -2.06. The van der Waals surface area contributed by atoms with E-state index in [9.17, 15) is 4.79 Å². The maximum absolute atomic E-state index is 11.2. The number of aryl methyl sites for hydroxylation is 1. The molecule has 0 aliphatic heterocycles. The molecule has 3 aromatic rings. The van der Waals surface area contributed by atoms with Gasteiger partial charge >= 0.3 is 0 Å². The van der Waals surface area contributed by atoms with Gasteiger partial charge in [-0.1, -0.05) is 23.8 Å². The first-order valence-corrected chi connectivity index (χ1v) is 7.14. The number of hydrogen-bond donors (Lipinski definition) is 3. The monoisotopic (exact) mass is 295 g/mol. The number of benzene rings is 1. The van der Waals surface area contributed by atoms with Crippen LogP contribution in [-0.2, 0) is 0 Å². The number of nitrogens with one attached hydrogen (secondary N) is 3. The molecule has 22 heavy (non-hydrogen) atoms. The Kier molecular flexibility index (Phi) is 3.74. The highest BCUT2D eigenvalue weighted by Crippen LogP contribution is 2.34. The lowest BCUT2D eigenvalue weighted by Crippen LogP contribution is -2.06. The van der Waals surface area contributed by atoms with Gasteiger partial charge in [-0.25, -0.2) is 5.10 Å². The van der Waals surface area contributed by atoms with Crippen molar-refractivity contribution in [2.75, 3.05) is 11.9 Å². The summed E-state index contributed by atoms with van der Waals surface area (Å²) in [5, 5.41) is 17.2. The highest BCUT2D eigenvalue weighted by atomic mass is 16.1. The van der Waals surface area contributed by atoms with Gasteiger partial charge in [0, 0.05) is 18.2 Å². The zero-order valence-corrected chi connectivity index (χ0v) is 12.5. The van der Waals surface area contributed by atoms with Crippen LogP contribution in [0.4, 0.5) is 5.82 Å². The molecule has 1 aromatic carbocycles. The van der Waals surface area contributed by atoms with Crippen molar-refractivity contribution < 1.29 is 0 Å². The average molecular weight is 295 g/mol. The number of aromatic nitrogens is 4. The van der Waals surface area contributed by atoms with Crippen molar-refractivity contribution in [2.45, 2.75) is 13.8 Å². The molecule has 0 saturated carbocycles. The number of nitrogens with zero attached hydrogens (tertiary/aromatic N) is 2. The van der Waals surface area contributed by atoms with Crippen molar-refractivity contribution in [3.8, 4) is 22.5 Å². The predicted octanol–water partition coefficient (Wildman–Crippen LogP) is 2.57. The predicted molar refractivity (Wildman–Crippen MR) is 86.8 cm³/mol. The minimum absolute atomic E-state index is 0.227. The average Bonchev–Trinajstić information content (AvgIpc) is 2.92. The zero-order chi connectivity index (χ0) is 15.5. The first kappa shape index (κ1) is 14.1. The zero-order valence-electron chi connectivity index (χ0n) is 12.5.